The van der Waals surface area contributed by atoms with E-state index < -0.39 is 0 Å². The van der Waals surface area contributed by atoms with E-state index in [1.54, 1.807) is 0 Å². The lowest BCUT2D eigenvalue weighted by atomic mass is 10.00. The van der Waals surface area contributed by atoms with Crippen molar-refractivity contribution in [2.45, 2.75) is 13.3 Å². The Bertz CT molecular complexity index is 923. The summed E-state index contributed by atoms with van der Waals surface area (Å²) in [5.74, 6) is 0. The first kappa shape index (κ1) is 14.6. The van der Waals surface area contributed by atoms with Crippen LogP contribution in [-0.2, 0) is 0 Å². The highest BCUT2D eigenvalue weighted by atomic mass is 14.9. The third kappa shape index (κ3) is 2.79. The largest absolute Gasteiger partial charge is 0.250 e. The number of para-hydroxylation sites is 1. The van der Waals surface area contributed by atoms with Crippen LogP contribution in [0.4, 0.5) is 11.4 Å². The fourth-order valence-corrected chi connectivity index (χ4v) is 2.99. The number of aliphatic imine (C=N–C) groups is 2. The highest BCUT2D eigenvalue weighted by Crippen LogP contribution is 2.35. The normalized spacial score (nSPS) is 13.5. The number of benzene rings is 3. The molecule has 4 rings (SSSR count). The second-order valence-electron chi connectivity index (χ2n) is 5.97. The molecule has 0 bridgehead atoms. The van der Waals surface area contributed by atoms with Crippen LogP contribution in [0.3, 0.4) is 0 Å². The predicted octanol–water partition coefficient (Wildman–Crippen LogP) is 5.64. The molecule has 0 saturated carbocycles. The monoisotopic (exact) mass is 310 g/mol. The zero-order valence-corrected chi connectivity index (χ0v) is 13.6. The molecule has 1 heterocycles. The molecular weight excluding hydrogens is 292 g/mol. The topological polar surface area (TPSA) is 24.7 Å². The maximum absolute atomic E-state index is 4.99. The maximum Gasteiger partial charge on any atom is 0.0919 e. The number of fused-ring (bicyclic) bond motifs is 1. The molecule has 0 aliphatic carbocycles. The Balaban J connectivity index is 1.91. The summed E-state index contributed by atoms with van der Waals surface area (Å²) >= 11 is 0. The molecule has 0 fully saturated rings. The first-order chi connectivity index (χ1) is 11.8. The molecule has 2 heteroatoms. The van der Waals surface area contributed by atoms with Crippen molar-refractivity contribution in [2.24, 2.45) is 9.98 Å². The molecule has 0 amide bonds. The summed E-state index contributed by atoms with van der Waals surface area (Å²) in [6.45, 7) is 2.09. The minimum Gasteiger partial charge on any atom is -0.250 e. The molecule has 116 valence electrons. The Morgan fingerprint density at radius 2 is 1.21 bits per heavy atom. The van der Waals surface area contributed by atoms with Crippen LogP contribution in [0.15, 0.2) is 88.8 Å². The average molecular weight is 310 g/mol. The average Bonchev–Trinajstić information content (AvgIpc) is 2.84. The zero-order chi connectivity index (χ0) is 16.4. The molecule has 1 aliphatic heterocycles. The minimum absolute atomic E-state index is 0.724. The lowest BCUT2D eigenvalue weighted by Crippen LogP contribution is -2.09. The summed E-state index contributed by atoms with van der Waals surface area (Å²) in [5.41, 5.74) is 7.49. The van der Waals surface area contributed by atoms with Crippen LogP contribution in [0.1, 0.15) is 23.1 Å². The van der Waals surface area contributed by atoms with Crippen LogP contribution >= 0.6 is 0 Å². The van der Waals surface area contributed by atoms with Gasteiger partial charge in [0.25, 0.3) is 0 Å². The molecule has 3 aromatic rings. The van der Waals surface area contributed by atoms with Gasteiger partial charge >= 0.3 is 0 Å². The quantitative estimate of drug-likeness (QED) is 0.585. The Morgan fingerprint density at radius 1 is 0.625 bits per heavy atom. The summed E-state index contributed by atoms with van der Waals surface area (Å²) in [6.07, 6.45) is 0.724. The number of hydrogen-bond donors (Lipinski definition) is 0. The van der Waals surface area contributed by atoms with Crippen LogP contribution in [0.25, 0.3) is 0 Å². The second kappa shape index (κ2) is 6.25. The van der Waals surface area contributed by atoms with Gasteiger partial charge in [0.1, 0.15) is 0 Å². The van der Waals surface area contributed by atoms with E-state index in [-0.39, 0.29) is 0 Å². The summed E-state index contributed by atoms with van der Waals surface area (Å²) in [6, 6.07) is 26.9. The van der Waals surface area contributed by atoms with Crippen LogP contribution in [0.2, 0.25) is 0 Å². The molecule has 3 aromatic carbocycles. The summed E-state index contributed by atoms with van der Waals surface area (Å²) < 4.78 is 0. The van der Waals surface area contributed by atoms with Crippen LogP contribution in [0, 0.1) is 6.92 Å². The van der Waals surface area contributed by atoms with Crippen molar-refractivity contribution in [3.8, 4) is 0 Å². The number of rotatable bonds is 2. The molecule has 0 saturated heterocycles. The zero-order valence-electron chi connectivity index (χ0n) is 13.6. The molecule has 0 N–H and O–H groups in total. The molecular formula is C22H18N2. The molecule has 2 nitrogen and oxygen atoms in total. The Morgan fingerprint density at radius 3 is 1.83 bits per heavy atom. The Hall–Kier alpha value is -3.00. The van der Waals surface area contributed by atoms with Crippen LogP contribution in [0.5, 0.6) is 0 Å². The minimum atomic E-state index is 0.724. The van der Waals surface area contributed by atoms with E-state index >= 15 is 0 Å². The van der Waals surface area contributed by atoms with Crippen molar-refractivity contribution in [3.63, 3.8) is 0 Å². The van der Waals surface area contributed by atoms with E-state index in [1.807, 2.05) is 24.3 Å². The molecule has 0 atom stereocenters. The maximum atomic E-state index is 4.99. The van der Waals surface area contributed by atoms with E-state index in [0.29, 0.717) is 0 Å². The lowest BCUT2D eigenvalue weighted by molar-refractivity contribution is 1.37. The third-order valence-corrected chi connectivity index (χ3v) is 4.27. The van der Waals surface area contributed by atoms with Gasteiger partial charge < -0.3 is 0 Å². The Kier molecular flexibility index (Phi) is 3.80. The van der Waals surface area contributed by atoms with Crippen molar-refractivity contribution in [3.05, 3.63) is 95.6 Å². The predicted molar refractivity (Wildman–Crippen MR) is 101 cm³/mol. The van der Waals surface area contributed by atoms with Crippen LogP contribution < -0.4 is 0 Å². The van der Waals surface area contributed by atoms with Gasteiger partial charge in [0.15, 0.2) is 0 Å². The molecule has 24 heavy (non-hydrogen) atoms. The highest BCUT2D eigenvalue weighted by molar-refractivity contribution is 6.20. The van der Waals surface area contributed by atoms with Gasteiger partial charge in [-0.25, -0.2) is 4.99 Å². The lowest BCUT2D eigenvalue weighted by Gasteiger charge is -2.08. The number of aryl methyl sites for hydroxylation is 1. The van der Waals surface area contributed by atoms with Gasteiger partial charge in [-0.05, 0) is 29.7 Å². The molecule has 1 aliphatic rings. The van der Waals surface area contributed by atoms with Crippen molar-refractivity contribution >= 4 is 22.8 Å². The fourth-order valence-electron chi connectivity index (χ4n) is 2.99. The first-order valence-electron chi connectivity index (χ1n) is 8.17. The smallest absolute Gasteiger partial charge is 0.0919 e. The van der Waals surface area contributed by atoms with E-state index in [9.17, 15) is 0 Å². The van der Waals surface area contributed by atoms with Crippen molar-refractivity contribution in [2.75, 3.05) is 0 Å². The van der Waals surface area contributed by atoms with E-state index in [0.717, 1.165) is 45.9 Å². The van der Waals surface area contributed by atoms with E-state index in [1.165, 1.54) is 0 Å². The van der Waals surface area contributed by atoms with Crippen molar-refractivity contribution in [1.82, 2.24) is 0 Å². The van der Waals surface area contributed by atoms with Crippen molar-refractivity contribution < 1.29 is 0 Å². The third-order valence-electron chi connectivity index (χ3n) is 4.27. The summed E-state index contributed by atoms with van der Waals surface area (Å²) in [7, 11) is 0. The van der Waals surface area contributed by atoms with Gasteiger partial charge in [0.2, 0.25) is 0 Å². The Labute approximate surface area is 142 Å². The second-order valence-corrected chi connectivity index (χ2v) is 5.97. The molecule has 0 aromatic heterocycles. The van der Waals surface area contributed by atoms with E-state index in [4.69, 9.17) is 9.98 Å². The van der Waals surface area contributed by atoms with Gasteiger partial charge in [-0.1, -0.05) is 72.8 Å². The molecule has 0 unspecified atom stereocenters. The van der Waals surface area contributed by atoms with Gasteiger partial charge in [-0.2, -0.15) is 0 Å². The standard InChI is InChI=1S/C22H18N2/c1-16-9-8-14-19-22(16)24-21(18-12-6-3-7-13-18)15-20(23-19)17-10-4-2-5-11-17/h2-14H,15H2,1H3. The number of hydrogen-bond acceptors (Lipinski definition) is 2. The SMILES string of the molecule is Cc1cccc2c1N=C(c1ccccc1)CC(c1ccccc1)=N2. The molecule has 0 spiro atoms. The van der Waals surface area contributed by atoms with Gasteiger partial charge in [0, 0.05) is 6.42 Å². The van der Waals surface area contributed by atoms with Gasteiger partial charge in [-0.3, -0.25) is 4.99 Å². The highest BCUT2D eigenvalue weighted by Gasteiger charge is 2.17. The van der Waals surface area contributed by atoms with Gasteiger partial charge in [0.05, 0.1) is 22.8 Å². The molecule has 0 radical (unpaired) electrons. The van der Waals surface area contributed by atoms with E-state index in [2.05, 4.69) is 61.5 Å². The first-order valence-corrected chi connectivity index (χ1v) is 8.17. The van der Waals surface area contributed by atoms with Crippen molar-refractivity contribution in [1.29, 1.82) is 0 Å². The summed E-state index contributed by atoms with van der Waals surface area (Å²) in [4.78, 5) is 9.93. The summed E-state index contributed by atoms with van der Waals surface area (Å²) in [5, 5.41) is 0. The van der Waals surface area contributed by atoms with Gasteiger partial charge in [-0.15, -0.1) is 0 Å². The number of nitrogens with zero attached hydrogens (tertiary/aromatic N) is 2. The van der Waals surface area contributed by atoms with Crippen LogP contribution in [-0.4, -0.2) is 11.4 Å². The fraction of sp³-hybridized carbons (Fsp3) is 0.0909.